The van der Waals surface area contributed by atoms with Gasteiger partial charge in [0.1, 0.15) is 5.82 Å². The van der Waals surface area contributed by atoms with Gasteiger partial charge in [-0.05, 0) is 55.3 Å². The molecular formula is C26H29N5O2. The van der Waals surface area contributed by atoms with Gasteiger partial charge in [-0.1, -0.05) is 30.3 Å². The van der Waals surface area contributed by atoms with E-state index >= 15 is 0 Å². The Morgan fingerprint density at radius 1 is 1.00 bits per heavy atom. The van der Waals surface area contributed by atoms with E-state index in [-0.39, 0.29) is 24.4 Å². The van der Waals surface area contributed by atoms with Crippen molar-refractivity contribution in [1.29, 1.82) is 0 Å². The quantitative estimate of drug-likeness (QED) is 0.416. The van der Waals surface area contributed by atoms with Gasteiger partial charge in [-0.15, -0.1) is 0 Å². The molecular weight excluding hydrogens is 414 g/mol. The zero-order chi connectivity index (χ0) is 22.8. The van der Waals surface area contributed by atoms with Crippen LogP contribution in [-0.2, 0) is 16.1 Å². The lowest BCUT2D eigenvalue weighted by Gasteiger charge is -2.29. The summed E-state index contributed by atoms with van der Waals surface area (Å²) in [7, 11) is 0. The fourth-order valence-corrected chi connectivity index (χ4v) is 4.83. The van der Waals surface area contributed by atoms with E-state index in [1.165, 1.54) is 6.92 Å². The summed E-state index contributed by atoms with van der Waals surface area (Å²) >= 11 is 0. The van der Waals surface area contributed by atoms with E-state index in [1.807, 2.05) is 54.6 Å². The fourth-order valence-electron chi connectivity index (χ4n) is 4.83. The highest BCUT2D eigenvalue weighted by molar-refractivity contribution is 5.84. The lowest BCUT2D eigenvalue weighted by atomic mass is 9.85. The van der Waals surface area contributed by atoms with Crippen LogP contribution in [-0.4, -0.2) is 44.3 Å². The zero-order valence-electron chi connectivity index (χ0n) is 18.8. The van der Waals surface area contributed by atoms with Crippen molar-refractivity contribution >= 4 is 33.8 Å². The van der Waals surface area contributed by atoms with Crippen LogP contribution in [0.25, 0.3) is 21.9 Å². The lowest BCUT2D eigenvalue weighted by molar-refractivity contribution is -0.135. The molecule has 0 bridgehead atoms. The van der Waals surface area contributed by atoms with Crippen LogP contribution in [0.4, 0.5) is 0 Å². The van der Waals surface area contributed by atoms with Gasteiger partial charge in [-0.3, -0.25) is 9.59 Å². The summed E-state index contributed by atoms with van der Waals surface area (Å²) in [5.41, 5.74) is 4.02. The van der Waals surface area contributed by atoms with E-state index in [0.29, 0.717) is 12.5 Å². The van der Waals surface area contributed by atoms with Gasteiger partial charge in [-0.25, -0.2) is 4.98 Å². The van der Waals surface area contributed by atoms with Crippen LogP contribution in [0.1, 0.15) is 50.0 Å². The standard InChI is InChI=1S/C26H29N5O2/c1-17(32)31(15-21-14-19-6-2-3-7-22(19)27-21)16-25(33)28-20-12-10-18(11-13-20)26-29-23-8-4-5-9-24(23)30-26/h2-9,14,18,20,27H,10-13,15-16H2,1H3,(H,28,33)(H,29,30). The van der Waals surface area contributed by atoms with Crippen LogP contribution >= 0.6 is 0 Å². The van der Waals surface area contributed by atoms with Gasteiger partial charge in [0.15, 0.2) is 0 Å². The van der Waals surface area contributed by atoms with Crippen molar-refractivity contribution < 1.29 is 9.59 Å². The van der Waals surface area contributed by atoms with Gasteiger partial charge >= 0.3 is 0 Å². The van der Waals surface area contributed by atoms with Gasteiger partial charge in [0.05, 0.1) is 24.1 Å². The number of rotatable bonds is 6. The Morgan fingerprint density at radius 3 is 2.45 bits per heavy atom. The van der Waals surface area contributed by atoms with Crippen LogP contribution in [0.2, 0.25) is 0 Å². The summed E-state index contributed by atoms with van der Waals surface area (Å²) in [6, 6.07) is 18.3. The normalized spacial score (nSPS) is 18.5. The first kappa shape index (κ1) is 21.2. The number of H-pyrrole nitrogens is 2. The molecule has 33 heavy (non-hydrogen) atoms. The van der Waals surface area contributed by atoms with E-state index in [4.69, 9.17) is 4.98 Å². The van der Waals surface area contributed by atoms with Crippen LogP contribution in [0.15, 0.2) is 54.6 Å². The zero-order valence-corrected chi connectivity index (χ0v) is 18.8. The molecule has 2 amide bonds. The number of hydrogen-bond acceptors (Lipinski definition) is 3. The van der Waals surface area contributed by atoms with Crippen LogP contribution in [0.5, 0.6) is 0 Å². The molecule has 2 aromatic carbocycles. The monoisotopic (exact) mass is 443 g/mol. The third-order valence-corrected chi connectivity index (χ3v) is 6.61. The Labute approximate surface area is 192 Å². The SMILES string of the molecule is CC(=O)N(CC(=O)NC1CCC(c2nc3ccccc3[nH]2)CC1)Cc1cc2ccccc2[nH]1. The van der Waals surface area contributed by atoms with Crippen LogP contribution in [0.3, 0.4) is 0 Å². The molecule has 0 radical (unpaired) electrons. The number of fused-ring (bicyclic) bond motifs is 2. The molecule has 2 heterocycles. The Balaban J connectivity index is 1.15. The van der Waals surface area contributed by atoms with Crippen molar-refractivity contribution in [1.82, 2.24) is 25.2 Å². The Bertz CT molecular complexity index is 1220. The summed E-state index contributed by atoms with van der Waals surface area (Å²) in [5.74, 6) is 1.22. The first-order valence-corrected chi connectivity index (χ1v) is 11.6. The molecule has 3 N–H and O–H groups in total. The van der Waals surface area contributed by atoms with Gasteiger partial charge in [0.25, 0.3) is 0 Å². The van der Waals surface area contributed by atoms with Gasteiger partial charge in [0, 0.05) is 30.1 Å². The first-order valence-electron chi connectivity index (χ1n) is 11.6. The number of nitrogens with one attached hydrogen (secondary N) is 3. The molecule has 7 heteroatoms. The number of para-hydroxylation sites is 3. The van der Waals surface area contributed by atoms with Crippen molar-refractivity contribution in [2.75, 3.05) is 6.54 Å². The molecule has 0 unspecified atom stereocenters. The number of amides is 2. The van der Waals surface area contributed by atoms with Crippen LogP contribution < -0.4 is 5.32 Å². The largest absolute Gasteiger partial charge is 0.357 e. The average molecular weight is 444 g/mol. The molecule has 1 fully saturated rings. The lowest BCUT2D eigenvalue weighted by Crippen LogP contribution is -2.44. The maximum Gasteiger partial charge on any atom is 0.239 e. The van der Waals surface area contributed by atoms with Gasteiger partial charge in [-0.2, -0.15) is 0 Å². The van der Waals surface area contributed by atoms with Crippen molar-refractivity contribution in [3.8, 4) is 0 Å². The van der Waals surface area contributed by atoms with Gasteiger partial charge < -0.3 is 20.2 Å². The predicted molar refractivity (Wildman–Crippen MR) is 129 cm³/mol. The number of imidazole rings is 1. The summed E-state index contributed by atoms with van der Waals surface area (Å²) in [4.78, 5) is 38.0. The minimum atomic E-state index is -0.114. The molecule has 4 aromatic rings. The maximum absolute atomic E-state index is 12.7. The topological polar surface area (TPSA) is 93.9 Å². The molecule has 5 rings (SSSR count). The van der Waals surface area contributed by atoms with Crippen molar-refractivity contribution in [2.45, 2.75) is 51.1 Å². The highest BCUT2D eigenvalue weighted by atomic mass is 16.2. The molecule has 7 nitrogen and oxygen atoms in total. The number of carbonyl (C=O) groups excluding carboxylic acids is 2. The Kier molecular flexibility index (Phi) is 5.86. The summed E-state index contributed by atoms with van der Waals surface area (Å²) in [6.07, 6.45) is 3.79. The minimum absolute atomic E-state index is 0.0637. The van der Waals surface area contributed by atoms with Crippen molar-refractivity contribution in [3.63, 3.8) is 0 Å². The number of aromatic amines is 2. The second kappa shape index (κ2) is 9.10. The van der Waals surface area contributed by atoms with E-state index in [1.54, 1.807) is 4.90 Å². The molecule has 0 atom stereocenters. The molecule has 0 saturated heterocycles. The number of hydrogen-bond donors (Lipinski definition) is 3. The van der Waals surface area contributed by atoms with E-state index in [2.05, 4.69) is 15.3 Å². The number of benzene rings is 2. The highest BCUT2D eigenvalue weighted by Crippen LogP contribution is 2.32. The predicted octanol–water partition coefficient (Wildman–Crippen LogP) is 4.24. The molecule has 170 valence electrons. The number of aromatic nitrogens is 3. The third-order valence-electron chi connectivity index (χ3n) is 6.61. The summed E-state index contributed by atoms with van der Waals surface area (Å²) < 4.78 is 0. The number of carbonyl (C=O) groups is 2. The van der Waals surface area contributed by atoms with E-state index in [0.717, 1.165) is 59.1 Å². The van der Waals surface area contributed by atoms with E-state index in [9.17, 15) is 9.59 Å². The van der Waals surface area contributed by atoms with Crippen molar-refractivity contribution in [2.24, 2.45) is 0 Å². The summed E-state index contributed by atoms with van der Waals surface area (Å²) in [5, 5.41) is 4.24. The minimum Gasteiger partial charge on any atom is -0.357 e. The second-order valence-corrected chi connectivity index (χ2v) is 9.01. The van der Waals surface area contributed by atoms with Gasteiger partial charge in [0.2, 0.25) is 11.8 Å². The highest BCUT2D eigenvalue weighted by Gasteiger charge is 2.26. The average Bonchev–Trinajstić information content (AvgIpc) is 3.42. The summed E-state index contributed by atoms with van der Waals surface area (Å²) in [6.45, 7) is 1.96. The molecule has 2 aromatic heterocycles. The van der Waals surface area contributed by atoms with E-state index < -0.39 is 0 Å². The Hall–Kier alpha value is -3.61. The van der Waals surface area contributed by atoms with Crippen LogP contribution in [0, 0.1) is 0 Å². The Morgan fingerprint density at radius 2 is 1.73 bits per heavy atom. The maximum atomic E-state index is 12.7. The molecule has 1 aliphatic carbocycles. The third kappa shape index (κ3) is 4.77. The smallest absolute Gasteiger partial charge is 0.239 e. The second-order valence-electron chi connectivity index (χ2n) is 9.01. The first-order chi connectivity index (χ1) is 16.0. The molecule has 1 aliphatic rings. The fraction of sp³-hybridized carbons (Fsp3) is 0.346. The molecule has 0 spiro atoms. The number of nitrogens with zero attached hydrogens (tertiary/aromatic N) is 2. The molecule has 0 aliphatic heterocycles. The molecule has 1 saturated carbocycles. The van der Waals surface area contributed by atoms with Crippen molar-refractivity contribution in [3.05, 3.63) is 66.1 Å².